The first-order valence-electron chi connectivity index (χ1n) is 6.79. The fraction of sp³-hybridized carbons (Fsp3) is 0.786. The molecule has 18 heavy (non-hydrogen) atoms. The molecule has 4 nitrogen and oxygen atoms in total. The van der Waals surface area contributed by atoms with Gasteiger partial charge in [0.05, 0.1) is 6.17 Å². The zero-order chi connectivity index (χ0) is 13.5. The Morgan fingerprint density at radius 2 is 2.06 bits per heavy atom. The maximum absolute atomic E-state index is 11.4. The molecule has 2 atom stereocenters. The molecule has 2 aliphatic heterocycles. The summed E-state index contributed by atoms with van der Waals surface area (Å²) in [5.74, 6) is -0.675. The predicted molar refractivity (Wildman–Crippen MR) is 71.1 cm³/mol. The summed E-state index contributed by atoms with van der Waals surface area (Å²) in [6.45, 7) is 9.41. The molecule has 0 aromatic rings. The Morgan fingerprint density at radius 1 is 1.39 bits per heavy atom. The SMILES string of the molecule is C/C=C1\CN2C(C(=O)O)CCCC2N1C(C)(C)C. The summed E-state index contributed by atoms with van der Waals surface area (Å²) in [4.78, 5) is 15.9. The topological polar surface area (TPSA) is 43.8 Å². The number of carbonyl (C=O) groups is 1. The Labute approximate surface area is 109 Å². The normalized spacial score (nSPS) is 31.8. The van der Waals surface area contributed by atoms with E-state index in [2.05, 4.69) is 36.6 Å². The van der Waals surface area contributed by atoms with Crippen molar-refractivity contribution >= 4 is 5.97 Å². The molecule has 0 amide bonds. The van der Waals surface area contributed by atoms with E-state index in [1.54, 1.807) is 0 Å². The number of aliphatic carboxylic acids is 1. The molecule has 0 saturated carbocycles. The van der Waals surface area contributed by atoms with E-state index in [4.69, 9.17) is 0 Å². The molecule has 2 rings (SSSR count). The van der Waals surface area contributed by atoms with Crippen molar-refractivity contribution < 1.29 is 9.90 Å². The van der Waals surface area contributed by atoms with Crippen LogP contribution < -0.4 is 0 Å². The van der Waals surface area contributed by atoms with E-state index in [1.165, 1.54) is 5.70 Å². The highest BCUT2D eigenvalue weighted by Crippen LogP contribution is 2.38. The molecule has 102 valence electrons. The molecule has 2 fully saturated rings. The number of fused-ring (bicyclic) bond motifs is 1. The lowest BCUT2D eigenvalue weighted by atomic mass is 9.98. The van der Waals surface area contributed by atoms with Gasteiger partial charge < -0.3 is 10.0 Å². The zero-order valence-electron chi connectivity index (χ0n) is 11.8. The number of piperidine rings is 1. The molecule has 1 N–H and O–H groups in total. The quantitative estimate of drug-likeness (QED) is 0.777. The van der Waals surface area contributed by atoms with Gasteiger partial charge in [-0.05, 0) is 47.0 Å². The van der Waals surface area contributed by atoms with E-state index in [1.807, 2.05) is 6.92 Å². The van der Waals surface area contributed by atoms with Gasteiger partial charge >= 0.3 is 5.97 Å². The van der Waals surface area contributed by atoms with Crippen molar-refractivity contribution in [3.8, 4) is 0 Å². The molecule has 4 heteroatoms. The van der Waals surface area contributed by atoms with Crippen molar-refractivity contribution in [2.24, 2.45) is 0 Å². The second kappa shape index (κ2) is 4.57. The Hall–Kier alpha value is -1.03. The largest absolute Gasteiger partial charge is 0.480 e. The van der Waals surface area contributed by atoms with Crippen LogP contribution >= 0.6 is 0 Å². The van der Waals surface area contributed by atoms with Crippen LogP contribution in [0.15, 0.2) is 11.8 Å². The van der Waals surface area contributed by atoms with Gasteiger partial charge in [-0.25, -0.2) is 0 Å². The van der Waals surface area contributed by atoms with Gasteiger partial charge in [-0.2, -0.15) is 0 Å². The Bertz CT molecular complexity index is 370. The van der Waals surface area contributed by atoms with Crippen molar-refractivity contribution in [3.05, 3.63) is 11.8 Å². The van der Waals surface area contributed by atoms with Gasteiger partial charge in [-0.1, -0.05) is 6.08 Å². The Balaban J connectivity index is 2.32. The minimum Gasteiger partial charge on any atom is -0.480 e. The average molecular weight is 252 g/mol. The first kappa shape index (κ1) is 13.4. The van der Waals surface area contributed by atoms with Gasteiger partial charge in [0.25, 0.3) is 0 Å². The van der Waals surface area contributed by atoms with Crippen molar-refractivity contribution in [1.82, 2.24) is 9.80 Å². The zero-order valence-corrected chi connectivity index (χ0v) is 11.8. The minimum absolute atomic E-state index is 0.0433. The summed E-state index contributed by atoms with van der Waals surface area (Å²) in [5, 5.41) is 9.35. The number of rotatable bonds is 1. The van der Waals surface area contributed by atoms with Gasteiger partial charge in [-0.3, -0.25) is 9.69 Å². The maximum Gasteiger partial charge on any atom is 0.320 e. The average Bonchev–Trinajstić information content (AvgIpc) is 2.65. The smallest absolute Gasteiger partial charge is 0.320 e. The van der Waals surface area contributed by atoms with Crippen molar-refractivity contribution in [2.45, 2.75) is 64.7 Å². The maximum atomic E-state index is 11.4. The van der Waals surface area contributed by atoms with E-state index in [0.717, 1.165) is 25.8 Å². The van der Waals surface area contributed by atoms with Crippen LogP contribution in [0, 0.1) is 0 Å². The fourth-order valence-corrected chi connectivity index (χ4v) is 3.35. The molecular formula is C14H24N2O2. The monoisotopic (exact) mass is 252 g/mol. The molecule has 2 heterocycles. The van der Waals surface area contributed by atoms with Gasteiger partial charge in [-0.15, -0.1) is 0 Å². The number of allylic oxidation sites excluding steroid dienone is 1. The van der Waals surface area contributed by atoms with Crippen molar-refractivity contribution in [2.75, 3.05) is 6.54 Å². The van der Waals surface area contributed by atoms with Crippen LogP contribution in [0.1, 0.15) is 47.0 Å². The highest BCUT2D eigenvalue weighted by Gasteiger charge is 2.46. The second-order valence-electron chi connectivity index (χ2n) is 6.26. The second-order valence-corrected chi connectivity index (χ2v) is 6.26. The first-order chi connectivity index (χ1) is 8.36. The fourth-order valence-electron chi connectivity index (χ4n) is 3.35. The number of hydrogen-bond donors (Lipinski definition) is 1. The van der Waals surface area contributed by atoms with Crippen LogP contribution in [-0.2, 0) is 4.79 Å². The molecule has 0 radical (unpaired) electrons. The summed E-state index contributed by atoms with van der Waals surface area (Å²) in [5.41, 5.74) is 1.31. The summed E-state index contributed by atoms with van der Waals surface area (Å²) in [6, 6.07) is -0.314. The molecule has 0 aromatic carbocycles. The van der Waals surface area contributed by atoms with E-state index >= 15 is 0 Å². The molecular weight excluding hydrogens is 228 g/mol. The van der Waals surface area contributed by atoms with E-state index in [-0.39, 0.29) is 17.7 Å². The Morgan fingerprint density at radius 3 is 2.56 bits per heavy atom. The van der Waals surface area contributed by atoms with E-state index < -0.39 is 5.97 Å². The number of carboxylic acid groups (broad SMARTS) is 1. The van der Waals surface area contributed by atoms with Gasteiger partial charge in [0, 0.05) is 17.8 Å². The third-order valence-corrected chi connectivity index (χ3v) is 4.02. The number of carboxylic acids is 1. The standard InChI is InChI=1S/C14H24N2O2/c1-5-10-9-15-11(13(17)18)7-6-8-12(15)16(10)14(2,3)4/h5,11-12H,6-9H2,1-4H3,(H,17,18)/b10-5+. The third kappa shape index (κ3) is 2.14. The van der Waals surface area contributed by atoms with Crippen LogP contribution in [0.5, 0.6) is 0 Å². The number of hydrogen-bond acceptors (Lipinski definition) is 3. The molecule has 0 spiro atoms. The van der Waals surface area contributed by atoms with Gasteiger partial charge in [0.1, 0.15) is 6.04 Å². The van der Waals surface area contributed by atoms with Crippen LogP contribution in [0.4, 0.5) is 0 Å². The molecule has 0 bridgehead atoms. The summed E-state index contributed by atoms with van der Waals surface area (Å²) >= 11 is 0. The molecule has 2 aliphatic rings. The highest BCUT2D eigenvalue weighted by molar-refractivity contribution is 5.73. The molecule has 0 aromatic heterocycles. The van der Waals surface area contributed by atoms with Crippen LogP contribution in [0.2, 0.25) is 0 Å². The van der Waals surface area contributed by atoms with Crippen LogP contribution in [-0.4, -0.2) is 45.2 Å². The third-order valence-electron chi connectivity index (χ3n) is 4.02. The van der Waals surface area contributed by atoms with Gasteiger partial charge in [0.15, 0.2) is 0 Å². The Kier molecular flexibility index (Phi) is 3.41. The lowest BCUT2D eigenvalue weighted by molar-refractivity contribution is -0.146. The summed E-state index contributed by atoms with van der Waals surface area (Å²) < 4.78 is 0. The van der Waals surface area contributed by atoms with Crippen LogP contribution in [0.3, 0.4) is 0 Å². The number of nitrogens with zero attached hydrogens (tertiary/aromatic N) is 2. The van der Waals surface area contributed by atoms with Crippen molar-refractivity contribution in [3.63, 3.8) is 0 Å². The summed E-state index contributed by atoms with van der Waals surface area (Å²) in [7, 11) is 0. The minimum atomic E-state index is -0.675. The van der Waals surface area contributed by atoms with E-state index in [9.17, 15) is 9.90 Å². The van der Waals surface area contributed by atoms with Crippen molar-refractivity contribution in [1.29, 1.82) is 0 Å². The predicted octanol–water partition coefficient (Wildman–Crippen LogP) is 2.27. The first-order valence-corrected chi connectivity index (χ1v) is 6.79. The van der Waals surface area contributed by atoms with Crippen LogP contribution in [0.25, 0.3) is 0 Å². The molecule has 2 saturated heterocycles. The lowest BCUT2D eigenvalue weighted by Crippen LogP contribution is -2.54. The van der Waals surface area contributed by atoms with E-state index in [0.29, 0.717) is 0 Å². The molecule has 2 unspecified atom stereocenters. The highest BCUT2D eigenvalue weighted by atomic mass is 16.4. The van der Waals surface area contributed by atoms with Gasteiger partial charge in [0.2, 0.25) is 0 Å². The molecule has 0 aliphatic carbocycles. The lowest BCUT2D eigenvalue weighted by Gasteiger charge is -2.44. The summed E-state index contributed by atoms with van der Waals surface area (Å²) in [6.07, 6.45) is 5.23.